The molecule has 0 amide bonds. The van der Waals surface area contributed by atoms with E-state index in [-0.39, 0.29) is 23.5 Å². The van der Waals surface area contributed by atoms with E-state index in [0.29, 0.717) is 6.42 Å². The number of carbonyl (C=O) groups is 2. The summed E-state index contributed by atoms with van der Waals surface area (Å²) < 4.78 is 5.61. The molecule has 1 aliphatic rings. The number of nitrogens with zero attached hydrogens (tertiary/aromatic N) is 1. The summed E-state index contributed by atoms with van der Waals surface area (Å²) in [6, 6.07) is 0. The van der Waals surface area contributed by atoms with Crippen molar-refractivity contribution in [3.05, 3.63) is 11.8 Å². The van der Waals surface area contributed by atoms with Crippen molar-refractivity contribution in [2.75, 3.05) is 7.05 Å². The highest BCUT2D eigenvalue weighted by atomic mass is 16.5. The van der Waals surface area contributed by atoms with Gasteiger partial charge in [-0.1, -0.05) is 25.7 Å². The summed E-state index contributed by atoms with van der Waals surface area (Å²) in [5.74, 6) is -0.0858. The zero-order valence-corrected chi connectivity index (χ0v) is 16.6. The van der Waals surface area contributed by atoms with Crippen molar-refractivity contribution >= 4 is 11.9 Å². The minimum absolute atomic E-state index is 0.0379. The third-order valence-corrected chi connectivity index (χ3v) is 5.16. The number of esters is 1. The Bertz CT molecular complexity index is 494. The molecule has 25 heavy (non-hydrogen) atoms. The number of ether oxygens (including phenoxy) is 1. The van der Waals surface area contributed by atoms with Crippen molar-refractivity contribution < 1.29 is 19.4 Å². The van der Waals surface area contributed by atoms with Gasteiger partial charge in [0.2, 0.25) is 0 Å². The van der Waals surface area contributed by atoms with E-state index in [2.05, 4.69) is 45.7 Å². The Morgan fingerprint density at radius 3 is 2.08 bits per heavy atom. The van der Waals surface area contributed by atoms with Gasteiger partial charge in [0.05, 0.1) is 0 Å². The molecule has 0 aromatic rings. The Morgan fingerprint density at radius 2 is 1.56 bits per heavy atom. The normalized spacial score (nSPS) is 19.3. The molecule has 0 aromatic heterocycles. The van der Waals surface area contributed by atoms with Crippen molar-refractivity contribution in [3.8, 4) is 0 Å². The summed E-state index contributed by atoms with van der Waals surface area (Å²) in [5, 5.41) is 8.57. The Morgan fingerprint density at radius 1 is 1.04 bits per heavy atom. The van der Waals surface area contributed by atoms with Crippen LogP contribution in [-0.4, -0.2) is 40.1 Å². The van der Waals surface area contributed by atoms with Gasteiger partial charge >= 0.3 is 11.9 Å². The minimum atomic E-state index is -0.725. The van der Waals surface area contributed by atoms with Crippen LogP contribution in [0.1, 0.15) is 85.5 Å². The van der Waals surface area contributed by atoms with E-state index in [1.165, 1.54) is 0 Å². The van der Waals surface area contributed by atoms with Gasteiger partial charge < -0.3 is 9.84 Å². The Kier molecular flexibility index (Phi) is 8.13. The summed E-state index contributed by atoms with van der Waals surface area (Å²) in [6.45, 7) is 8.60. The first-order valence-electron chi connectivity index (χ1n) is 9.43. The monoisotopic (exact) mass is 353 g/mol. The molecule has 1 heterocycles. The van der Waals surface area contributed by atoms with Gasteiger partial charge in [0, 0.05) is 30.3 Å². The molecule has 0 bridgehead atoms. The maximum atomic E-state index is 12.1. The molecule has 0 atom stereocenters. The average Bonchev–Trinajstić information content (AvgIpc) is 2.46. The van der Waals surface area contributed by atoms with Crippen molar-refractivity contribution in [1.82, 2.24) is 4.90 Å². The first-order chi connectivity index (χ1) is 11.5. The van der Waals surface area contributed by atoms with Crippen molar-refractivity contribution in [1.29, 1.82) is 0 Å². The number of carboxylic acids is 1. The van der Waals surface area contributed by atoms with Crippen LogP contribution in [0.2, 0.25) is 0 Å². The number of likely N-dealkylation sites (N-methyl/N-ethyl adjacent to an activating group) is 1. The second kappa shape index (κ2) is 9.37. The molecule has 0 saturated carbocycles. The maximum absolute atomic E-state index is 12.1. The molecule has 0 unspecified atom stereocenters. The minimum Gasteiger partial charge on any atom is -0.481 e. The van der Waals surface area contributed by atoms with Crippen LogP contribution in [0.25, 0.3) is 0 Å². The van der Waals surface area contributed by atoms with Gasteiger partial charge in [0.1, 0.15) is 5.76 Å². The lowest BCUT2D eigenvalue weighted by Gasteiger charge is -2.48. The fourth-order valence-corrected chi connectivity index (χ4v) is 3.38. The summed E-state index contributed by atoms with van der Waals surface area (Å²) >= 11 is 0. The van der Waals surface area contributed by atoms with Crippen molar-refractivity contribution in [2.45, 2.75) is 96.6 Å². The highest BCUT2D eigenvalue weighted by molar-refractivity contribution is 5.70. The lowest BCUT2D eigenvalue weighted by molar-refractivity contribution is -0.141. The van der Waals surface area contributed by atoms with Crippen molar-refractivity contribution in [2.24, 2.45) is 0 Å². The second-order valence-corrected chi connectivity index (χ2v) is 8.30. The maximum Gasteiger partial charge on any atom is 0.310 e. The first-order valence-corrected chi connectivity index (χ1v) is 9.43. The average molecular weight is 354 g/mol. The molecule has 5 nitrogen and oxygen atoms in total. The number of hydrogen-bond donors (Lipinski definition) is 1. The Balaban J connectivity index is 2.25. The molecular formula is C20H35NO4. The molecule has 0 fully saturated rings. The molecule has 0 spiro atoms. The number of rotatable bonds is 10. The van der Waals surface area contributed by atoms with Crippen LogP contribution in [0.5, 0.6) is 0 Å². The Hall–Kier alpha value is -1.36. The zero-order chi connectivity index (χ0) is 19.1. The molecule has 1 N–H and O–H groups in total. The second-order valence-electron chi connectivity index (χ2n) is 8.30. The molecule has 144 valence electrons. The third-order valence-electron chi connectivity index (χ3n) is 5.16. The van der Waals surface area contributed by atoms with Gasteiger partial charge in [0.25, 0.3) is 0 Å². The van der Waals surface area contributed by atoms with Gasteiger partial charge in [-0.25, -0.2) is 0 Å². The van der Waals surface area contributed by atoms with Gasteiger partial charge in [-0.2, -0.15) is 0 Å². The molecular weight excluding hydrogens is 318 g/mol. The SMILES string of the molecule is CN1C(C)(C)C=C(OC(=O)CCCCCCCCC(=O)O)CC1(C)C. The van der Waals surface area contributed by atoms with E-state index in [0.717, 1.165) is 50.7 Å². The predicted molar refractivity (Wildman–Crippen MR) is 99.3 cm³/mol. The van der Waals surface area contributed by atoms with E-state index in [9.17, 15) is 9.59 Å². The van der Waals surface area contributed by atoms with Crippen LogP contribution in [0.3, 0.4) is 0 Å². The standard InChI is InChI=1S/C20H35NO4/c1-19(2)14-16(15-20(3,4)21(19)5)25-18(24)13-11-9-7-6-8-10-12-17(22)23/h14H,6-13,15H2,1-5H3,(H,22,23). The molecule has 1 rings (SSSR count). The highest BCUT2D eigenvalue weighted by Gasteiger charge is 2.39. The zero-order valence-electron chi connectivity index (χ0n) is 16.6. The van der Waals surface area contributed by atoms with Gasteiger partial charge in [-0.15, -0.1) is 0 Å². The number of unbranched alkanes of at least 4 members (excludes halogenated alkanes) is 5. The van der Waals surface area contributed by atoms with Gasteiger partial charge in [-0.05, 0) is 53.7 Å². The predicted octanol–water partition coefficient (Wildman–Crippen LogP) is 4.51. The molecule has 5 heteroatoms. The van der Waals surface area contributed by atoms with E-state index in [4.69, 9.17) is 9.84 Å². The fraction of sp³-hybridized carbons (Fsp3) is 0.800. The molecule has 1 aliphatic heterocycles. The first kappa shape index (κ1) is 21.7. The Labute approximate surface area is 152 Å². The van der Waals surface area contributed by atoms with E-state index < -0.39 is 5.97 Å². The molecule has 0 aliphatic carbocycles. The van der Waals surface area contributed by atoms with Gasteiger partial charge in [0.15, 0.2) is 0 Å². The summed E-state index contributed by atoms with van der Waals surface area (Å²) in [4.78, 5) is 24.8. The summed E-state index contributed by atoms with van der Waals surface area (Å²) in [7, 11) is 2.10. The van der Waals surface area contributed by atoms with E-state index in [1.54, 1.807) is 0 Å². The fourth-order valence-electron chi connectivity index (χ4n) is 3.38. The lowest BCUT2D eigenvalue weighted by Crippen LogP contribution is -2.55. The van der Waals surface area contributed by atoms with E-state index >= 15 is 0 Å². The third kappa shape index (κ3) is 7.59. The summed E-state index contributed by atoms with van der Waals surface area (Å²) in [5.41, 5.74) is -0.170. The van der Waals surface area contributed by atoms with Crippen molar-refractivity contribution in [3.63, 3.8) is 0 Å². The largest absolute Gasteiger partial charge is 0.481 e. The number of aliphatic carboxylic acids is 1. The van der Waals surface area contributed by atoms with E-state index in [1.807, 2.05) is 0 Å². The molecule has 0 saturated heterocycles. The lowest BCUT2D eigenvalue weighted by atomic mass is 9.85. The molecule has 0 aromatic carbocycles. The van der Waals surface area contributed by atoms with Crippen LogP contribution < -0.4 is 0 Å². The summed E-state index contributed by atoms with van der Waals surface area (Å²) in [6.07, 6.45) is 9.07. The highest BCUT2D eigenvalue weighted by Crippen LogP contribution is 2.36. The van der Waals surface area contributed by atoms with Crippen LogP contribution >= 0.6 is 0 Å². The quantitative estimate of drug-likeness (QED) is 0.462. The van der Waals surface area contributed by atoms with Crippen LogP contribution in [-0.2, 0) is 14.3 Å². The smallest absolute Gasteiger partial charge is 0.310 e. The van der Waals surface area contributed by atoms with Crippen LogP contribution in [0, 0.1) is 0 Å². The van der Waals surface area contributed by atoms with Crippen LogP contribution in [0.15, 0.2) is 11.8 Å². The number of carbonyl (C=O) groups excluding carboxylic acids is 1. The molecule has 0 radical (unpaired) electrons. The number of carboxylic acid groups (broad SMARTS) is 1. The number of hydrogen-bond acceptors (Lipinski definition) is 4. The van der Waals surface area contributed by atoms with Crippen LogP contribution in [0.4, 0.5) is 0 Å². The van der Waals surface area contributed by atoms with Gasteiger partial charge in [-0.3, -0.25) is 14.5 Å². The topological polar surface area (TPSA) is 66.8 Å².